The van der Waals surface area contributed by atoms with Crippen molar-refractivity contribution >= 4 is 5.97 Å². The van der Waals surface area contributed by atoms with Gasteiger partial charge in [0.1, 0.15) is 0 Å². The van der Waals surface area contributed by atoms with Gasteiger partial charge in [-0.05, 0) is 18.8 Å². The van der Waals surface area contributed by atoms with E-state index in [1.165, 1.54) is 51.4 Å². The van der Waals surface area contributed by atoms with E-state index >= 15 is 0 Å². The van der Waals surface area contributed by atoms with Crippen LogP contribution in [-0.2, 0) is 9.53 Å². The van der Waals surface area contributed by atoms with Crippen LogP contribution in [0.25, 0.3) is 0 Å². The van der Waals surface area contributed by atoms with E-state index in [9.17, 15) is 4.79 Å². The van der Waals surface area contributed by atoms with Crippen LogP contribution < -0.4 is 0 Å². The predicted octanol–water partition coefficient (Wildman–Crippen LogP) is 4.47. The minimum atomic E-state index is 0.00733. The summed E-state index contributed by atoms with van der Waals surface area (Å²) in [5.74, 6) is 0.875. The summed E-state index contributed by atoms with van der Waals surface area (Å²) in [4.78, 5) is 11.4. The summed E-state index contributed by atoms with van der Waals surface area (Å²) in [7, 11) is 0. The normalized spacial score (nSPS) is 26.6. The third-order valence-corrected chi connectivity index (χ3v) is 3.68. The molecule has 1 aliphatic heterocycles. The van der Waals surface area contributed by atoms with Gasteiger partial charge in [0.15, 0.2) is 0 Å². The van der Waals surface area contributed by atoms with Crippen LogP contribution in [0.4, 0.5) is 0 Å². The van der Waals surface area contributed by atoms with Crippen LogP contribution in [0.15, 0.2) is 0 Å². The van der Waals surface area contributed by atoms with Crippen molar-refractivity contribution in [3.05, 3.63) is 0 Å². The van der Waals surface area contributed by atoms with Crippen molar-refractivity contribution in [2.24, 2.45) is 5.92 Å². The summed E-state index contributed by atoms with van der Waals surface area (Å²) >= 11 is 0. The third-order valence-electron chi connectivity index (χ3n) is 3.68. The van der Waals surface area contributed by atoms with Crippen molar-refractivity contribution in [1.82, 2.24) is 0 Å². The van der Waals surface area contributed by atoms with Crippen molar-refractivity contribution in [1.29, 1.82) is 0 Å². The highest BCUT2D eigenvalue weighted by Crippen LogP contribution is 2.18. The summed E-state index contributed by atoms with van der Waals surface area (Å²) in [6, 6.07) is 0. The van der Waals surface area contributed by atoms with Gasteiger partial charge in [0.25, 0.3) is 0 Å². The first-order valence-electron chi connectivity index (χ1n) is 7.44. The second-order valence-electron chi connectivity index (χ2n) is 5.48. The Hall–Kier alpha value is -0.530. The van der Waals surface area contributed by atoms with Crippen molar-refractivity contribution in [3.63, 3.8) is 0 Å². The Bertz CT molecular complexity index is 201. The van der Waals surface area contributed by atoms with Gasteiger partial charge in [-0.25, -0.2) is 0 Å². The Morgan fingerprint density at radius 2 is 1.47 bits per heavy atom. The molecule has 2 heteroatoms. The second kappa shape index (κ2) is 9.49. The van der Waals surface area contributed by atoms with Gasteiger partial charge in [-0.1, -0.05) is 58.3 Å². The fraction of sp³-hybridized carbons (Fsp3) is 0.933. The smallest absolute Gasteiger partial charge is 0.305 e. The Kier molecular flexibility index (Phi) is 8.12. The quantitative estimate of drug-likeness (QED) is 0.584. The predicted molar refractivity (Wildman–Crippen MR) is 70.9 cm³/mol. The van der Waals surface area contributed by atoms with E-state index in [0.717, 1.165) is 18.8 Å². The standard InChI is InChI=1S/C15H28O2/c1-14-10-6-3-2-4-9-13-17-15(16)12-8-5-7-11-14/h14H,2-13H2,1H3. The molecule has 1 saturated heterocycles. The number of carbonyl (C=O) groups excluding carboxylic acids is 1. The topological polar surface area (TPSA) is 26.3 Å². The van der Waals surface area contributed by atoms with E-state index in [-0.39, 0.29) is 5.97 Å². The molecule has 0 radical (unpaired) electrons. The summed E-state index contributed by atoms with van der Waals surface area (Å²) in [5, 5.41) is 0. The summed E-state index contributed by atoms with van der Waals surface area (Å²) < 4.78 is 5.20. The van der Waals surface area contributed by atoms with Gasteiger partial charge < -0.3 is 4.74 Å². The molecule has 0 amide bonds. The molecule has 1 unspecified atom stereocenters. The Balaban J connectivity index is 2.21. The fourth-order valence-electron chi connectivity index (χ4n) is 2.47. The molecule has 100 valence electrons. The molecule has 0 aromatic heterocycles. The van der Waals surface area contributed by atoms with E-state index in [1.807, 2.05) is 0 Å². The Morgan fingerprint density at radius 3 is 2.24 bits per heavy atom. The molecule has 1 rings (SSSR count). The molecule has 1 heterocycles. The van der Waals surface area contributed by atoms with Gasteiger partial charge >= 0.3 is 5.97 Å². The number of cyclic esters (lactones) is 1. The zero-order valence-corrected chi connectivity index (χ0v) is 11.4. The lowest BCUT2D eigenvalue weighted by atomic mass is 9.96. The highest BCUT2D eigenvalue weighted by molar-refractivity contribution is 5.69. The summed E-state index contributed by atoms with van der Waals surface area (Å²) in [5.41, 5.74) is 0. The molecule has 1 atom stereocenters. The maximum Gasteiger partial charge on any atom is 0.305 e. The van der Waals surface area contributed by atoms with Gasteiger partial charge in [-0.3, -0.25) is 4.79 Å². The van der Waals surface area contributed by atoms with Crippen molar-refractivity contribution in [2.75, 3.05) is 6.61 Å². The zero-order chi connectivity index (χ0) is 12.3. The number of carbonyl (C=O) groups is 1. The zero-order valence-electron chi connectivity index (χ0n) is 11.4. The Morgan fingerprint density at radius 1 is 0.882 bits per heavy atom. The number of hydrogen-bond acceptors (Lipinski definition) is 2. The van der Waals surface area contributed by atoms with Gasteiger partial charge in [-0.2, -0.15) is 0 Å². The number of rotatable bonds is 0. The molecule has 0 aliphatic carbocycles. The van der Waals surface area contributed by atoms with Gasteiger partial charge in [0, 0.05) is 6.42 Å². The molecular formula is C15H28O2. The molecule has 0 bridgehead atoms. The number of hydrogen-bond donors (Lipinski definition) is 0. The molecule has 17 heavy (non-hydrogen) atoms. The molecule has 1 fully saturated rings. The van der Waals surface area contributed by atoms with Crippen LogP contribution in [-0.4, -0.2) is 12.6 Å². The van der Waals surface area contributed by atoms with E-state index in [0.29, 0.717) is 13.0 Å². The highest BCUT2D eigenvalue weighted by atomic mass is 16.5. The van der Waals surface area contributed by atoms with Crippen LogP contribution in [0, 0.1) is 5.92 Å². The minimum absolute atomic E-state index is 0.00733. The second-order valence-corrected chi connectivity index (χ2v) is 5.48. The lowest BCUT2D eigenvalue weighted by molar-refractivity contribution is -0.143. The third kappa shape index (κ3) is 8.23. The molecule has 0 N–H and O–H groups in total. The Labute approximate surface area is 106 Å². The van der Waals surface area contributed by atoms with Crippen molar-refractivity contribution in [2.45, 2.75) is 77.6 Å². The minimum Gasteiger partial charge on any atom is -0.466 e. The van der Waals surface area contributed by atoms with Crippen LogP contribution in [0.3, 0.4) is 0 Å². The first-order chi connectivity index (χ1) is 8.29. The maximum absolute atomic E-state index is 11.4. The summed E-state index contributed by atoms with van der Waals surface area (Å²) in [6.45, 7) is 3.00. The van der Waals surface area contributed by atoms with Crippen LogP contribution in [0.2, 0.25) is 0 Å². The lowest BCUT2D eigenvalue weighted by Crippen LogP contribution is -2.05. The SMILES string of the molecule is CC1CCCCCCCOC(=O)CCCCC1. The molecule has 0 aromatic carbocycles. The number of ether oxygens (including phenoxy) is 1. The number of esters is 1. The maximum atomic E-state index is 11.4. The van der Waals surface area contributed by atoms with Crippen molar-refractivity contribution in [3.8, 4) is 0 Å². The highest BCUT2D eigenvalue weighted by Gasteiger charge is 2.05. The van der Waals surface area contributed by atoms with Crippen LogP contribution >= 0.6 is 0 Å². The first kappa shape index (κ1) is 14.5. The molecule has 2 nitrogen and oxygen atoms in total. The van der Waals surface area contributed by atoms with Gasteiger partial charge in [-0.15, -0.1) is 0 Å². The summed E-state index contributed by atoms with van der Waals surface area (Å²) in [6.07, 6.45) is 13.1. The molecule has 0 saturated carbocycles. The van der Waals surface area contributed by atoms with Crippen LogP contribution in [0.1, 0.15) is 77.6 Å². The van der Waals surface area contributed by atoms with Gasteiger partial charge in [0.2, 0.25) is 0 Å². The average molecular weight is 240 g/mol. The molecule has 0 spiro atoms. The first-order valence-corrected chi connectivity index (χ1v) is 7.44. The van der Waals surface area contributed by atoms with E-state index in [1.54, 1.807) is 0 Å². The van der Waals surface area contributed by atoms with Gasteiger partial charge in [0.05, 0.1) is 6.61 Å². The van der Waals surface area contributed by atoms with E-state index in [4.69, 9.17) is 4.74 Å². The largest absolute Gasteiger partial charge is 0.466 e. The lowest BCUT2D eigenvalue weighted by Gasteiger charge is -2.10. The van der Waals surface area contributed by atoms with E-state index < -0.39 is 0 Å². The van der Waals surface area contributed by atoms with E-state index in [2.05, 4.69) is 6.92 Å². The van der Waals surface area contributed by atoms with Crippen LogP contribution in [0.5, 0.6) is 0 Å². The average Bonchev–Trinajstić information content (AvgIpc) is 2.31. The molecule has 0 aromatic rings. The fourth-order valence-corrected chi connectivity index (χ4v) is 2.47. The monoisotopic (exact) mass is 240 g/mol. The molecule has 1 aliphatic rings. The molecular weight excluding hydrogens is 212 g/mol. The van der Waals surface area contributed by atoms with Crippen molar-refractivity contribution < 1.29 is 9.53 Å².